The fraction of sp³-hybridized carbons (Fsp3) is 0.333. The van der Waals surface area contributed by atoms with Crippen LogP contribution in [0.3, 0.4) is 0 Å². The van der Waals surface area contributed by atoms with Gasteiger partial charge in [-0.25, -0.2) is 9.97 Å². The van der Waals surface area contributed by atoms with Gasteiger partial charge in [0.05, 0.1) is 25.4 Å². The lowest BCUT2D eigenvalue weighted by molar-refractivity contribution is 0.0691. The lowest BCUT2D eigenvalue weighted by Crippen LogP contribution is -2.39. The molecule has 0 saturated carbocycles. The second-order valence-corrected chi connectivity index (χ2v) is 6.83. The van der Waals surface area contributed by atoms with Gasteiger partial charge in [0.2, 0.25) is 0 Å². The van der Waals surface area contributed by atoms with Gasteiger partial charge in [0, 0.05) is 37.5 Å². The summed E-state index contributed by atoms with van der Waals surface area (Å²) in [6.07, 6.45) is 8.83. The zero-order chi connectivity index (χ0) is 19.3. The molecule has 0 aliphatic carbocycles. The van der Waals surface area contributed by atoms with E-state index >= 15 is 0 Å². The minimum absolute atomic E-state index is 0.0841. The van der Waals surface area contributed by atoms with Gasteiger partial charge in [-0.05, 0) is 18.9 Å². The Balaban J connectivity index is 1.45. The van der Waals surface area contributed by atoms with Crippen LogP contribution in [0.4, 0.5) is 0 Å². The highest BCUT2D eigenvalue weighted by Gasteiger charge is 2.29. The fourth-order valence-electron chi connectivity index (χ4n) is 3.56. The van der Waals surface area contributed by atoms with Gasteiger partial charge in [0.25, 0.3) is 5.91 Å². The normalized spacial score (nSPS) is 16.8. The standard InChI is InChI=1S/C21H22N4O3/c1-27-19-7-3-2-5-15(19)11-17-12-24-20(28-17)16-6-4-10-25(14-16)21(26)18-13-22-8-9-23-18/h2-3,5,7-9,12-13,16H,4,6,10-11,14H2,1H3/t16-/m1/s1. The summed E-state index contributed by atoms with van der Waals surface area (Å²) in [5, 5.41) is 0. The zero-order valence-electron chi connectivity index (χ0n) is 15.7. The molecule has 28 heavy (non-hydrogen) atoms. The Morgan fingerprint density at radius 1 is 1.25 bits per heavy atom. The molecule has 0 N–H and O–H groups in total. The van der Waals surface area contributed by atoms with Gasteiger partial charge in [0.1, 0.15) is 17.2 Å². The fourth-order valence-corrected chi connectivity index (χ4v) is 3.56. The van der Waals surface area contributed by atoms with Crippen LogP contribution < -0.4 is 4.74 Å². The van der Waals surface area contributed by atoms with E-state index in [0.29, 0.717) is 31.1 Å². The van der Waals surface area contributed by atoms with Crippen molar-refractivity contribution < 1.29 is 13.9 Å². The second kappa shape index (κ2) is 8.21. The number of piperidine rings is 1. The Labute approximate surface area is 163 Å². The molecule has 0 radical (unpaired) electrons. The van der Waals surface area contributed by atoms with Crippen LogP contribution in [0.25, 0.3) is 0 Å². The van der Waals surface area contributed by atoms with Crippen molar-refractivity contribution in [2.45, 2.75) is 25.2 Å². The summed E-state index contributed by atoms with van der Waals surface area (Å²) in [6, 6.07) is 7.87. The van der Waals surface area contributed by atoms with Crippen molar-refractivity contribution in [2.24, 2.45) is 0 Å². The molecule has 7 heteroatoms. The monoisotopic (exact) mass is 378 g/mol. The van der Waals surface area contributed by atoms with Crippen LogP contribution in [-0.2, 0) is 6.42 Å². The molecule has 1 aliphatic rings. The molecule has 4 rings (SSSR count). The van der Waals surface area contributed by atoms with E-state index in [0.717, 1.165) is 29.9 Å². The number of methoxy groups -OCH3 is 1. The third-order valence-corrected chi connectivity index (χ3v) is 4.97. The molecule has 1 saturated heterocycles. The average molecular weight is 378 g/mol. The van der Waals surface area contributed by atoms with Crippen LogP contribution in [0.2, 0.25) is 0 Å². The number of ether oxygens (including phenoxy) is 1. The van der Waals surface area contributed by atoms with Gasteiger partial charge in [-0.1, -0.05) is 18.2 Å². The lowest BCUT2D eigenvalue weighted by atomic mass is 9.98. The number of amides is 1. The second-order valence-electron chi connectivity index (χ2n) is 6.83. The van der Waals surface area contributed by atoms with E-state index in [1.54, 1.807) is 19.5 Å². The molecule has 0 unspecified atom stereocenters. The largest absolute Gasteiger partial charge is 0.496 e. The van der Waals surface area contributed by atoms with Crippen LogP contribution in [0.15, 0.2) is 53.5 Å². The van der Waals surface area contributed by atoms with Crippen LogP contribution in [0, 0.1) is 0 Å². The van der Waals surface area contributed by atoms with Gasteiger partial charge in [0.15, 0.2) is 5.89 Å². The van der Waals surface area contributed by atoms with Crippen molar-refractivity contribution >= 4 is 5.91 Å². The summed E-state index contributed by atoms with van der Waals surface area (Å²) >= 11 is 0. The van der Waals surface area contributed by atoms with Crippen molar-refractivity contribution in [3.05, 3.63) is 72.0 Å². The SMILES string of the molecule is COc1ccccc1Cc1cnc([C@@H]2CCCN(C(=O)c3cnccn3)C2)o1. The number of aromatic nitrogens is 3. The first-order valence-corrected chi connectivity index (χ1v) is 9.36. The maximum absolute atomic E-state index is 12.7. The highest BCUT2D eigenvalue weighted by molar-refractivity contribution is 5.92. The van der Waals surface area contributed by atoms with E-state index in [1.165, 1.54) is 12.4 Å². The summed E-state index contributed by atoms with van der Waals surface area (Å²) in [4.78, 5) is 27.0. The average Bonchev–Trinajstić information content (AvgIpc) is 3.23. The molecule has 3 aromatic rings. The molecule has 1 atom stereocenters. The van der Waals surface area contributed by atoms with E-state index in [-0.39, 0.29) is 11.8 Å². The third-order valence-electron chi connectivity index (χ3n) is 4.97. The highest BCUT2D eigenvalue weighted by atomic mass is 16.5. The lowest BCUT2D eigenvalue weighted by Gasteiger charge is -2.30. The van der Waals surface area contributed by atoms with Crippen LogP contribution >= 0.6 is 0 Å². The van der Waals surface area contributed by atoms with E-state index in [1.807, 2.05) is 29.2 Å². The summed E-state index contributed by atoms with van der Waals surface area (Å²) in [5.74, 6) is 2.29. The number of carbonyl (C=O) groups excluding carboxylic acids is 1. The third kappa shape index (κ3) is 3.88. The summed E-state index contributed by atoms with van der Waals surface area (Å²) < 4.78 is 11.4. The Bertz CT molecular complexity index is 942. The maximum atomic E-state index is 12.7. The van der Waals surface area contributed by atoms with Gasteiger partial charge in [-0.15, -0.1) is 0 Å². The predicted molar refractivity (Wildman–Crippen MR) is 102 cm³/mol. The van der Waals surface area contributed by atoms with E-state index in [9.17, 15) is 4.79 Å². The van der Waals surface area contributed by atoms with Crippen molar-refractivity contribution in [3.63, 3.8) is 0 Å². The molecule has 1 fully saturated rings. The number of hydrogen-bond donors (Lipinski definition) is 0. The summed E-state index contributed by atoms with van der Waals surface area (Å²) in [5.41, 5.74) is 1.42. The van der Waals surface area contributed by atoms with Crippen LogP contribution in [0.5, 0.6) is 5.75 Å². The quantitative estimate of drug-likeness (QED) is 0.679. The zero-order valence-corrected chi connectivity index (χ0v) is 15.7. The molecule has 7 nitrogen and oxygen atoms in total. The molecular formula is C21H22N4O3. The molecule has 0 spiro atoms. The van der Waals surface area contributed by atoms with Gasteiger partial charge >= 0.3 is 0 Å². The first kappa shape index (κ1) is 18.2. The molecule has 3 heterocycles. The van der Waals surface area contributed by atoms with Gasteiger partial charge in [-0.3, -0.25) is 9.78 Å². The van der Waals surface area contributed by atoms with Crippen molar-refractivity contribution in [3.8, 4) is 5.75 Å². The number of hydrogen-bond acceptors (Lipinski definition) is 6. The first-order valence-electron chi connectivity index (χ1n) is 9.36. The molecule has 1 aromatic carbocycles. The van der Waals surface area contributed by atoms with Crippen molar-refractivity contribution in [1.29, 1.82) is 0 Å². The van der Waals surface area contributed by atoms with Crippen LogP contribution in [0.1, 0.15) is 46.5 Å². The number of benzene rings is 1. The summed E-state index contributed by atoms with van der Waals surface area (Å²) in [6.45, 7) is 1.28. The van der Waals surface area contributed by atoms with E-state index in [2.05, 4.69) is 15.0 Å². The van der Waals surface area contributed by atoms with E-state index in [4.69, 9.17) is 9.15 Å². The smallest absolute Gasteiger partial charge is 0.274 e. The Hall–Kier alpha value is -3.22. The van der Waals surface area contributed by atoms with Gasteiger partial charge < -0.3 is 14.1 Å². The molecule has 0 bridgehead atoms. The molecule has 2 aromatic heterocycles. The first-order chi connectivity index (χ1) is 13.7. The minimum Gasteiger partial charge on any atom is -0.496 e. The van der Waals surface area contributed by atoms with Crippen molar-refractivity contribution in [2.75, 3.05) is 20.2 Å². The number of para-hydroxylation sites is 1. The Kier molecular flexibility index (Phi) is 5.32. The molecule has 144 valence electrons. The maximum Gasteiger partial charge on any atom is 0.274 e. The molecular weight excluding hydrogens is 356 g/mol. The highest BCUT2D eigenvalue weighted by Crippen LogP contribution is 2.29. The van der Waals surface area contributed by atoms with Crippen molar-refractivity contribution in [1.82, 2.24) is 19.9 Å². The Morgan fingerprint density at radius 3 is 2.96 bits per heavy atom. The minimum atomic E-state index is -0.0985. The predicted octanol–water partition coefficient (Wildman–Crippen LogP) is 3.08. The number of oxazole rings is 1. The summed E-state index contributed by atoms with van der Waals surface area (Å²) in [7, 11) is 1.66. The molecule has 1 amide bonds. The topological polar surface area (TPSA) is 81.4 Å². The number of rotatable bonds is 5. The molecule has 1 aliphatic heterocycles. The number of nitrogens with zero attached hydrogens (tertiary/aromatic N) is 4. The van der Waals surface area contributed by atoms with Gasteiger partial charge in [-0.2, -0.15) is 0 Å². The number of likely N-dealkylation sites (tertiary alicyclic amines) is 1. The van der Waals surface area contributed by atoms with Crippen LogP contribution in [-0.4, -0.2) is 46.0 Å². The Morgan fingerprint density at radius 2 is 2.14 bits per heavy atom. The number of carbonyl (C=O) groups is 1. The van der Waals surface area contributed by atoms with E-state index < -0.39 is 0 Å².